The summed E-state index contributed by atoms with van der Waals surface area (Å²) in [6.45, 7) is 3.46. The maximum absolute atomic E-state index is 9.60. The quantitative estimate of drug-likeness (QED) is 0.895. The molecule has 1 aliphatic heterocycles. The molecule has 1 atom stereocenters. The molecule has 4 heteroatoms. The summed E-state index contributed by atoms with van der Waals surface area (Å²) in [7, 11) is 2.04. The van der Waals surface area contributed by atoms with Crippen LogP contribution in [-0.4, -0.2) is 47.8 Å². The highest BCUT2D eigenvalue weighted by atomic mass is 16.3. The van der Waals surface area contributed by atoms with Crippen molar-refractivity contribution in [3.8, 4) is 0 Å². The highest BCUT2D eigenvalue weighted by molar-refractivity contribution is 5.47. The molecule has 104 valence electrons. The van der Waals surface area contributed by atoms with Gasteiger partial charge in [-0.15, -0.1) is 0 Å². The lowest BCUT2D eigenvalue weighted by Gasteiger charge is -2.35. The molecule has 2 aliphatic rings. The first-order chi connectivity index (χ1) is 9.28. The van der Waals surface area contributed by atoms with Crippen LogP contribution in [0.2, 0.25) is 0 Å². The largest absolute Gasteiger partial charge is 0.394 e. The van der Waals surface area contributed by atoms with Crippen LogP contribution in [0, 0.1) is 5.92 Å². The Morgan fingerprint density at radius 3 is 2.95 bits per heavy atom. The van der Waals surface area contributed by atoms with Crippen LogP contribution in [0.4, 0.5) is 5.82 Å². The molecule has 0 amide bonds. The van der Waals surface area contributed by atoms with Gasteiger partial charge in [-0.05, 0) is 31.2 Å². The van der Waals surface area contributed by atoms with Gasteiger partial charge in [0.25, 0.3) is 0 Å². The topological polar surface area (TPSA) is 39.6 Å². The lowest BCUT2D eigenvalue weighted by molar-refractivity contribution is 0.205. The van der Waals surface area contributed by atoms with Crippen LogP contribution < -0.4 is 4.90 Å². The Bertz CT molecular complexity index is 433. The normalized spacial score (nSPS) is 24.7. The van der Waals surface area contributed by atoms with E-state index in [-0.39, 0.29) is 12.6 Å². The third kappa shape index (κ3) is 2.90. The molecular weight excluding hydrogens is 238 g/mol. The van der Waals surface area contributed by atoms with Gasteiger partial charge in [0, 0.05) is 38.4 Å². The van der Waals surface area contributed by atoms with Crippen LogP contribution >= 0.6 is 0 Å². The van der Waals surface area contributed by atoms with Crippen molar-refractivity contribution >= 4 is 5.82 Å². The second kappa shape index (κ2) is 5.47. The lowest BCUT2D eigenvalue weighted by atomic mass is 10.1. The van der Waals surface area contributed by atoms with Gasteiger partial charge in [0.1, 0.15) is 5.82 Å². The predicted molar refractivity (Wildman–Crippen MR) is 76.1 cm³/mol. The molecular formula is C15H23N3O. The summed E-state index contributed by atoms with van der Waals surface area (Å²) >= 11 is 0. The number of anilines is 1. The zero-order chi connectivity index (χ0) is 13.2. The smallest absolute Gasteiger partial charge is 0.133 e. The molecule has 1 saturated carbocycles. The van der Waals surface area contributed by atoms with Gasteiger partial charge in [-0.3, -0.25) is 4.90 Å². The third-order valence-electron chi connectivity index (χ3n) is 4.35. The number of fused-ring (bicyclic) bond motifs is 1. The van der Waals surface area contributed by atoms with Crippen molar-refractivity contribution in [2.75, 3.05) is 31.6 Å². The highest BCUT2D eigenvalue weighted by Crippen LogP contribution is 2.32. The second-order valence-electron chi connectivity index (χ2n) is 5.90. The lowest BCUT2D eigenvalue weighted by Crippen LogP contribution is -2.42. The molecule has 0 bridgehead atoms. The fraction of sp³-hybridized carbons (Fsp3) is 0.667. The zero-order valence-electron chi connectivity index (χ0n) is 11.6. The van der Waals surface area contributed by atoms with Gasteiger partial charge in [-0.1, -0.05) is 6.07 Å². The molecule has 1 aliphatic carbocycles. The molecule has 3 rings (SSSR count). The number of aromatic nitrogens is 1. The summed E-state index contributed by atoms with van der Waals surface area (Å²) < 4.78 is 0. The Hall–Kier alpha value is -1.13. The predicted octanol–water partition coefficient (Wildman–Crippen LogP) is 1.49. The number of nitrogens with zero attached hydrogens (tertiary/aromatic N) is 3. The Labute approximate surface area is 115 Å². The Morgan fingerprint density at radius 2 is 2.21 bits per heavy atom. The van der Waals surface area contributed by atoms with Crippen molar-refractivity contribution in [3.63, 3.8) is 0 Å². The van der Waals surface area contributed by atoms with E-state index in [1.165, 1.54) is 24.9 Å². The minimum atomic E-state index is 0.177. The summed E-state index contributed by atoms with van der Waals surface area (Å²) in [5.74, 6) is 1.94. The van der Waals surface area contributed by atoms with E-state index < -0.39 is 0 Å². The highest BCUT2D eigenvalue weighted by Gasteiger charge is 2.28. The van der Waals surface area contributed by atoms with Crippen molar-refractivity contribution in [2.24, 2.45) is 5.92 Å². The molecule has 1 aromatic heterocycles. The molecule has 1 fully saturated rings. The molecule has 0 aromatic carbocycles. The third-order valence-corrected chi connectivity index (χ3v) is 4.35. The van der Waals surface area contributed by atoms with Gasteiger partial charge in [0.2, 0.25) is 0 Å². The van der Waals surface area contributed by atoms with E-state index in [1.807, 2.05) is 19.3 Å². The zero-order valence-corrected chi connectivity index (χ0v) is 11.6. The van der Waals surface area contributed by atoms with Gasteiger partial charge in [-0.2, -0.15) is 0 Å². The number of hydrogen-bond donors (Lipinski definition) is 1. The Kier molecular flexibility index (Phi) is 3.71. The van der Waals surface area contributed by atoms with Gasteiger partial charge in [0.05, 0.1) is 12.6 Å². The van der Waals surface area contributed by atoms with Gasteiger partial charge in [-0.25, -0.2) is 4.98 Å². The summed E-state index contributed by atoms with van der Waals surface area (Å²) in [6.07, 6.45) is 5.63. The van der Waals surface area contributed by atoms with E-state index >= 15 is 0 Å². The molecule has 4 nitrogen and oxygen atoms in total. The van der Waals surface area contributed by atoms with Gasteiger partial charge in [0.15, 0.2) is 0 Å². The molecule has 0 radical (unpaired) electrons. The summed E-state index contributed by atoms with van der Waals surface area (Å²) in [5, 5.41) is 9.60. The van der Waals surface area contributed by atoms with E-state index in [0.717, 1.165) is 31.2 Å². The SMILES string of the molecule is CN1c2ncccc2CN(CC2CC2)CC[C@H]1CO. The van der Waals surface area contributed by atoms with Crippen molar-refractivity contribution in [1.82, 2.24) is 9.88 Å². The van der Waals surface area contributed by atoms with Gasteiger partial charge >= 0.3 is 0 Å². The average Bonchev–Trinajstić information content (AvgIpc) is 3.22. The molecule has 0 unspecified atom stereocenters. The van der Waals surface area contributed by atoms with Crippen LogP contribution in [0.1, 0.15) is 24.8 Å². The molecule has 19 heavy (non-hydrogen) atoms. The number of pyridine rings is 1. The number of aliphatic hydroxyl groups excluding tert-OH is 1. The van der Waals surface area contributed by atoms with Crippen LogP contribution in [0.3, 0.4) is 0 Å². The molecule has 0 saturated heterocycles. The monoisotopic (exact) mass is 261 g/mol. The summed E-state index contributed by atoms with van der Waals surface area (Å²) in [4.78, 5) is 9.20. The molecule has 0 spiro atoms. The van der Waals surface area contributed by atoms with E-state index in [0.29, 0.717) is 0 Å². The summed E-state index contributed by atoms with van der Waals surface area (Å²) in [6, 6.07) is 4.35. The fourth-order valence-electron chi connectivity index (χ4n) is 2.92. The van der Waals surface area contributed by atoms with E-state index in [2.05, 4.69) is 20.9 Å². The maximum atomic E-state index is 9.60. The van der Waals surface area contributed by atoms with Crippen molar-refractivity contribution < 1.29 is 5.11 Å². The van der Waals surface area contributed by atoms with Crippen LogP contribution in [0.5, 0.6) is 0 Å². The van der Waals surface area contributed by atoms with Crippen molar-refractivity contribution in [2.45, 2.75) is 31.8 Å². The minimum absolute atomic E-state index is 0.177. The molecule has 2 heterocycles. The first-order valence-electron chi connectivity index (χ1n) is 7.28. The molecule has 1 N–H and O–H groups in total. The molecule has 1 aromatic rings. The second-order valence-corrected chi connectivity index (χ2v) is 5.90. The van der Waals surface area contributed by atoms with Crippen molar-refractivity contribution in [3.05, 3.63) is 23.9 Å². The van der Waals surface area contributed by atoms with Crippen LogP contribution in [-0.2, 0) is 6.54 Å². The average molecular weight is 261 g/mol. The fourth-order valence-corrected chi connectivity index (χ4v) is 2.92. The number of hydrogen-bond acceptors (Lipinski definition) is 4. The minimum Gasteiger partial charge on any atom is -0.394 e. The van der Waals surface area contributed by atoms with E-state index in [1.54, 1.807) is 0 Å². The van der Waals surface area contributed by atoms with Crippen LogP contribution in [0.25, 0.3) is 0 Å². The van der Waals surface area contributed by atoms with Gasteiger partial charge < -0.3 is 10.0 Å². The standard InChI is InChI=1S/C15H23N3O/c1-17-14(11-19)6-8-18(9-12-4-5-12)10-13-3-2-7-16-15(13)17/h2-3,7,12,14,19H,4-6,8-11H2,1H3/t14-/m0/s1. The summed E-state index contributed by atoms with van der Waals surface area (Å²) in [5.41, 5.74) is 1.28. The number of rotatable bonds is 3. The van der Waals surface area contributed by atoms with Crippen LogP contribution in [0.15, 0.2) is 18.3 Å². The Balaban J connectivity index is 1.84. The van der Waals surface area contributed by atoms with E-state index in [4.69, 9.17) is 0 Å². The Morgan fingerprint density at radius 1 is 1.37 bits per heavy atom. The van der Waals surface area contributed by atoms with E-state index in [9.17, 15) is 5.11 Å². The first-order valence-corrected chi connectivity index (χ1v) is 7.28. The maximum Gasteiger partial charge on any atom is 0.133 e. The first kappa shape index (κ1) is 12.9. The number of aliphatic hydroxyl groups is 1. The number of likely N-dealkylation sites (N-methyl/N-ethyl adjacent to an activating group) is 1. The van der Waals surface area contributed by atoms with Crippen molar-refractivity contribution in [1.29, 1.82) is 0 Å².